The van der Waals surface area contributed by atoms with E-state index >= 15 is 0 Å². The number of pyridine rings is 1. The summed E-state index contributed by atoms with van der Waals surface area (Å²) in [5.41, 5.74) is 2.03. The number of benzene rings is 1. The van der Waals surface area contributed by atoms with Crippen LogP contribution in [0.4, 0.5) is 5.69 Å². The Balaban J connectivity index is 1.31. The van der Waals surface area contributed by atoms with Crippen molar-refractivity contribution in [1.29, 1.82) is 0 Å². The Morgan fingerprint density at radius 3 is 2.57 bits per heavy atom. The number of hydrogen-bond donors (Lipinski definition) is 1. The van der Waals surface area contributed by atoms with Crippen LogP contribution in [-0.4, -0.2) is 49.6 Å². The summed E-state index contributed by atoms with van der Waals surface area (Å²) in [6.45, 7) is 3.85. The summed E-state index contributed by atoms with van der Waals surface area (Å²) in [6.07, 6.45) is 0.710. The van der Waals surface area contributed by atoms with Gasteiger partial charge in [-0.15, -0.1) is 10.2 Å². The van der Waals surface area contributed by atoms with Crippen molar-refractivity contribution in [2.75, 3.05) is 18.4 Å². The molecule has 2 aliphatic rings. The number of hydrogen-bond acceptors (Lipinski definition) is 5. The summed E-state index contributed by atoms with van der Waals surface area (Å²) in [7, 11) is 0. The Kier molecular flexibility index (Phi) is 4.54. The number of nitrogens with one attached hydrogen (secondary N) is 1. The van der Waals surface area contributed by atoms with Gasteiger partial charge >= 0.3 is 0 Å². The van der Waals surface area contributed by atoms with Crippen molar-refractivity contribution in [3.05, 3.63) is 71.6 Å². The number of anilines is 1. The topological polar surface area (TPSA) is 93.0 Å². The zero-order chi connectivity index (χ0) is 20.7. The Morgan fingerprint density at radius 2 is 1.77 bits per heavy atom. The molecule has 0 spiro atoms. The minimum Gasteiger partial charge on any atom is -0.337 e. The Labute approximate surface area is 173 Å². The van der Waals surface area contributed by atoms with E-state index in [0.29, 0.717) is 43.5 Å². The van der Waals surface area contributed by atoms with Gasteiger partial charge in [0.25, 0.3) is 11.8 Å². The zero-order valence-electron chi connectivity index (χ0n) is 16.7. The van der Waals surface area contributed by atoms with Crippen LogP contribution in [0, 0.1) is 18.8 Å². The van der Waals surface area contributed by atoms with Crippen molar-refractivity contribution in [1.82, 2.24) is 24.6 Å². The second-order valence-electron chi connectivity index (χ2n) is 7.97. The van der Waals surface area contributed by atoms with Crippen LogP contribution >= 0.6 is 0 Å². The lowest BCUT2D eigenvalue weighted by Gasteiger charge is -2.25. The Morgan fingerprint density at radius 1 is 0.967 bits per heavy atom. The van der Waals surface area contributed by atoms with Gasteiger partial charge in [-0.1, -0.05) is 24.3 Å². The SMILES string of the molecule is Cc1cccc(C(=O)N2C[C@H]3Cc4nnc(C(=O)Nc5ccccc5)n4C[C@H]3C2)n1. The standard InChI is InChI=1S/C22H22N6O2/c1-14-6-5-9-18(23-14)22(30)27-11-15-10-19-25-26-20(28(19)13-16(15)12-27)21(29)24-17-7-3-2-4-8-17/h2-9,15-16H,10-13H2,1H3,(H,24,29)/t15-,16-/m1/s1. The molecule has 1 aromatic carbocycles. The fourth-order valence-corrected chi connectivity index (χ4v) is 4.39. The van der Waals surface area contributed by atoms with Gasteiger partial charge in [0.15, 0.2) is 0 Å². The third kappa shape index (κ3) is 3.34. The normalized spacial score (nSPS) is 19.8. The van der Waals surface area contributed by atoms with Crippen molar-refractivity contribution in [2.45, 2.75) is 19.9 Å². The van der Waals surface area contributed by atoms with Crippen LogP contribution in [0.3, 0.4) is 0 Å². The van der Waals surface area contributed by atoms with Gasteiger partial charge < -0.3 is 14.8 Å². The van der Waals surface area contributed by atoms with Crippen LogP contribution in [0.1, 0.15) is 32.6 Å². The maximum atomic E-state index is 12.9. The molecule has 2 amide bonds. The molecule has 4 heterocycles. The lowest BCUT2D eigenvalue weighted by Crippen LogP contribution is -2.31. The molecule has 2 aromatic heterocycles. The van der Waals surface area contributed by atoms with Crippen LogP contribution in [-0.2, 0) is 13.0 Å². The summed E-state index contributed by atoms with van der Waals surface area (Å²) in [4.78, 5) is 31.9. The molecule has 5 rings (SSSR count). The van der Waals surface area contributed by atoms with Gasteiger partial charge in [0.2, 0.25) is 5.82 Å². The molecular formula is C22H22N6O2. The highest BCUT2D eigenvalue weighted by molar-refractivity contribution is 6.01. The average molecular weight is 402 g/mol. The number of aryl methyl sites for hydroxylation is 1. The maximum Gasteiger partial charge on any atom is 0.293 e. The second kappa shape index (κ2) is 7.37. The lowest BCUT2D eigenvalue weighted by atomic mass is 9.89. The maximum absolute atomic E-state index is 12.9. The molecule has 3 aromatic rings. The third-order valence-electron chi connectivity index (χ3n) is 5.90. The predicted octanol–water partition coefficient (Wildman–Crippen LogP) is 2.18. The van der Waals surface area contributed by atoms with E-state index in [0.717, 1.165) is 17.2 Å². The summed E-state index contributed by atoms with van der Waals surface area (Å²) in [5.74, 6) is 1.40. The van der Waals surface area contributed by atoms with E-state index in [4.69, 9.17) is 0 Å². The average Bonchev–Trinajstić information content (AvgIpc) is 3.35. The van der Waals surface area contributed by atoms with Crippen LogP contribution in [0.15, 0.2) is 48.5 Å². The van der Waals surface area contributed by atoms with Gasteiger partial charge in [-0.25, -0.2) is 4.98 Å². The molecule has 8 heteroatoms. The van der Waals surface area contributed by atoms with Gasteiger partial charge in [0.1, 0.15) is 11.5 Å². The Hall–Kier alpha value is -3.55. The van der Waals surface area contributed by atoms with E-state index < -0.39 is 0 Å². The van der Waals surface area contributed by atoms with E-state index in [1.54, 1.807) is 6.07 Å². The van der Waals surface area contributed by atoms with E-state index in [9.17, 15) is 9.59 Å². The van der Waals surface area contributed by atoms with Gasteiger partial charge in [-0.3, -0.25) is 9.59 Å². The number of para-hydroxylation sites is 1. The molecule has 2 atom stereocenters. The molecule has 30 heavy (non-hydrogen) atoms. The number of carbonyl (C=O) groups is 2. The predicted molar refractivity (Wildman–Crippen MR) is 110 cm³/mol. The van der Waals surface area contributed by atoms with Gasteiger partial charge in [0.05, 0.1) is 0 Å². The summed E-state index contributed by atoms with van der Waals surface area (Å²) in [5, 5.41) is 11.3. The molecule has 2 aliphatic heterocycles. The lowest BCUT2D eigenvalue weighted by molar-refractivity contribution is 0.0777. The van der Waals surface area contributed by atoms with Gasteiger partial charge in [-0.2, -0.15) is 0 Å². The number of amides is 2. The van der Waals surface area contributed by atoms with E-state index in [1.165, 1.54) is 0 Å². The number of likely N-dealkylation sites (tertiary alicyclic amines) is 1. The minimum atomic E-state index is -0.270. The number of fused-ring (bicyclic) bond motifs is 2. The van der Waals surface area contributed by atoms with Gasteiger partial charge in [-0.05, 0) is 43.0 Å². The first kappa shape index (κ1) is 18.5. The fraction of sp³-hybridized carbons (Fsp3) is 0.318. The largest absolute Gasteiger partial charge is 0.337 e. The van der Waals surface area contributed by atoms with Crippen LogP contribution in [0.25, 0.3) is 0 Å². The minimum absolute atomic E-state index is 0.0362. The van der Waals surface area contributed by atoms with Crippen molar-refractivity contribution in [2.24, 2.45) is 11.8 Å². The second-order valence-corrected chi connectivity index (χ2v) is 7.97. The van der Waals surface area contributed by atoms with Crippen LogP contribution in [0.5, 0.6) is 0 Å². The quantitative estimate of drug-likeness (QED) is 0.725. The number of rotatable bonds is 3. The summed E-state index contributed by atoms with van der Waals surface area (Å²) >= 11 is 0. The molecular weight excluding hydrogens is 380 g/mol. The molecule has 0 radical (unpaired) electrons. The highest BCUT2D eigenvalue weighted by Crippen LogP contribution is 2.33. The number of nitrogens with zero attached hydrogens (tertiary/aromatic N) is 5. The smallest absolute Gasteiger partial charge is 0.293 e. The van der Waals surface area contributed by atoms with E-state index in [2.05, 4.69) is 20.5 Å². The van der Waals surface area contributed by atoms with E-state index in [-0.39, 0.29) is 17.7 Å². The molecule has 152 valence electrons. The van der Waals surface area contributed by atoms with Crippen LogP contribution < -0.4 is 5.32 Å². The van der Waals surface area contributed by atoms with Crippen molar-refractivity contribution >= 4 is 17.5 Å². The zero-order valence-corrected chi connectivity index (χ0v) is 16.7. The molecule has 0 saturated carbocycles. The first-order valence-corrected chi connectivity index (χ1v) is 10.1. The molecule has 0 unspecified atom stereocenters. The van der Waals surface area contributed by atoms with Crippen molar-refractivity contribution < 1.29 is 9.59 Å². The molecule has 1 saturated heterocycles. The van der Waals surface area contributed by atoms with Crippen molar-refractivity contribution in [3.63, 3.8) is 0 Å². The Bertz CT molecular complexity index is 1110. The molecule has 0 bridgehead atoms. The van der Waals surface area contributed by atoms with Gasteiger partial charge in [0, 0.05) is 37.4 Å². The van der Waals surface area contributed by atoms with Crippen LogP contribution in [0.2, 0.25) is 0 Å². The summed E-state index contributed by atoms with van der Waals surface area (Å²) in [6, 6.07) is 14.8. The molecule has 0 aliphatic carbocycles. The molecule has 1 fully saturated rings. The first-order valence-electron chi connectivity index (χ1n) is 10.1. The van der Waals surface area contributed by atoms with Crippen molar-refractivity contribution in [3.8, 4) is 0 Å². The summed E-state index contributed by atoms with van der Waals surface area (Å²) < 4.78 is 1.90. The van der Waals surface area contributed by atoms with E-state index in [1.807, 2.05) is 58.9 Å². The number of carbonyl (C=O) groups excluding carboxylic acids is 2. The highest BCUT2D eigenvalue weighted by atomic mass is 16.2. The molecule has 1 N–H and O–H groups in total. The first-order chi connectivity index (χ1) is 14.6. The number of aromatic nitrogens is 4. The molecule has 8 nitrogen and oxygen atoms in total. The highest BCUT2D eigenvalue weighted by Gasteiger charge is 2.41. The monoisotopic (exact) mass is 402 g/mol. The third-order valence-corrected chi connectivity index (χ3v) is 5.90. The fourth-order valence-electron chi connectivity index (χ4n) is 4.39.